The number of nitrogens with zero attached hydrogens (tertiary/aromatic N) is 2. The third-order valence-corrected chi connectivity index (χ3v) is 4.28. The van der Waals surface area contributed by atoms with E-state index in [1.165, 1.54) is 0 Å². The highest BCUT2D eigenvalue weighted by atomic mass is 16.6. The molecule has 0 atom stereocenters. The number of ether oxygens (including phenoxy) is 1. The summed E-state index contributed by atoms with van der Waals surface area (Å²) in [5, 5.41) is 13.9. The second-order valence-electron chi connectivity index (χ2n) is 6.26. The first-order valence-corrected chi connectivity index (χ1v) is 8.82. The Morgan fingerprint density at radius 2 is 1.77 bits per heavy atom. The van der Waals surface area contributed by atoms with Gasteiger partial charge in [0, 0.05) is 23.5 Å². The molecule has 0 fully saturated rings. The molecule has 1 heterocycles. The fourth-order valence-corrected chi connectivity index (χ4v) is 2.90. The first kappa shape index (κ1) is 20.5. The fraction of sp³-hybridized carbons (Fsp3) is 0.0952. The molecule has 2 aromatic carbocycles. The lowest BCUT2D eigenvalue weighted by atomic mass is 10.0. The first-order valence-electron chi connectivity index (χ1n) is 8.82. The molecule has 152 valence electrons. The summed E-state index contributed by atoms with van der Waals surface area (Å²) in [5.74, 6) is -1.45. The number of carbonyl (C=O) groups excluding carboxylic acids is 2. The molecule has 0 aliphatic carbocycles. The van der Waals surface area contributed by atoms with Gasteiger partial charge in [-0.05, 0) is 11.6 Å². The summed E-state index contributed by atoms with van der Waals surface area (Å²) in [5.41, 5.74) is 0.137. The van der Waals surface area contributed by atoms with Crippen molar-refractivity contribution < 1.29 is 19.2 Å². The number of carbonyl (C=O) groups is 2. The number of nitro groups is 1. The van der Waals surface area contributed by atoms with Crippen LogP contribution in [0.2, 0.25) is 0 Å². The molecule has 3 aromatic rings. The number of aromatic nitrogens is 1. The largest absolute Gasteiger partial charge is 0.465 e. The molecule has 0 aliphatic rings. The molecule has 0 saturated carbocycles. The predicted octanol–water partition coefficient (Wildman–Crippen LogP) is 2.85. The lowest BCUT2D eigenvalue weighted by Crippen LogP contribution is -2.29. The Morgan fingerprint density at radius 3 is 2.43 bits per heavy atom. The fourth-order valence-electron chi connectivity index (χ4n) is 2.90. The Kier molecular flexibility index (Phi) is 6.02. The summed E-state index contributed by atoms with van der Waals surface area (Å²) in [6.45, 7) is -0.520. The summed E-state index contributed by atoms with van der Waals surface area (Å²) in [6, 6.07) is 17.3. The van der Waals surface area contributed by atoms with E-state index < -0.39 is 34.6 Å². The van der Waals surface area contributed by atoms with Gasteiger partial charge in [-0.15, -0.1) is 0 Å². The molecule has 1 amide bonds. The molecule has 9 heteroatoms. The van der Waals surface area contributed by atoms with E-state index in [1.807, 2.05) is 42.5 Å². The molecule has 0 unspecified atom stereocenters. The van der Waals surface area contributed by atoms with Crippen LogP contribution >= 0.6 is 0 Å². The van der Waals surface area contributed by atoms with Gasteiger partial charge in [0.2, 0.25) is 5.91 Å². The van der Waals surface area contributed by atoms with Gasteiger partial charge in [0.1, 0.15) is 6.54 Å². The van der Waals surface area contributed by atoms with Gasteiger partial charge in [-0.25, -0.2) is 4.79 Å². The summed E-state index contributed by atoms with van der Waals surface area (Å²) in [4.78, 5) is 46.9. The van der Waals surface area contributed by atoms with E-state index in [4.69, 9.17) is 0 Å². The third-order valence-electron chi connectivity index (χ3n) is 4.28. The SMILES string of the molecule is COC(=O)c1cc([N+](=O)[O-])c(=O)n(CC(=O)Nc2ccccc2-c2ccccc2)c1. The van der Waals surface area contributed by atoms with Gasteiger partial charge in [-0.1, -0.05) is 48.5 Å². The zero-order chi connectivity index (χ0) is 21.7. The van der Waals surface area contributed by atoms with Gasteiger partial charge in [0.15, 0.2) is 0 Å². The molecule has 0 radical (unpaired) electrons. The zero-order valence-corrected chi connectivity index (χ0v) is 15.9. The van der Waals surface area contributed by atoms with Crippen LogP contribution in [0.4, 0.5) is 11.4 Å². The average molecular weight is 407 g/mol. The van der Waals surface area contributed by atoms with Crippen LogP contribution in [-0.2, 0) is 16.1 Å². The molecule has 1 N–H and O–H groups in total. The standard InChI is InChI=1S/C21H17N3O6/c1-30-21(27)15-11-18(24(28)29)20(26)23(12-15)13-19(25)22-17-10-6-5-9-16(17)14-7-3-2-4-8-14/h2-12H,13H2,1H3,(H,22,25). The second kappa shape index (κ2) is 8.82. The summed E-state index contributed by atoms with van der Waals surface area (Å²) in [7, 11) is 1.11. The van der Waals surface area contributed by atoms with Gasteiger partial charge in [0.25, 0.3) is 0 Å². The summed E-state index contributed by atoms with van der Waals surface area (Å²) in [6.07, 6.45) is 1.06. The predicted molar refractivity (Wildman–Crippen MR) is 109 cm³/mol. The van der Waals surface area contributed by atoms with E-state index in [9.17, 15) is 24.5 Å². The van der Waals surface area contributed by atoms with E-state index in [1.54, 1.807) is 12.1 Å². The van der Waals surface area contributed by atoms with Crippen molar-refractivity contribution in [3.8, 4) is 11.1 Å². The number of hydrogen-bond donors (Lipinski definition) is 1. The van der Waals surface area contributed by atoms with Crippen molar-refractivity contribution in [3.63, 3.8) is 0 Å². The number of amides is 1. The third kappa shape index (κ3) is 4.41. The van der Waals surface area contributed by atoms with E-state index in [0.717, 1.165) is 35.1 Å². The van der Waals surface area contributed by atoms with E-state index in [-0.39, 0.29) is 5.56 Å². The number of esters is 1. The quantitative estimate of drug-likeness (QED) is 0.381. The van der Waals surface area contributed by atoms with Gasteiger partial charge in [-0.3, -0.25) is 24.3 Å². The molecule has 1 aromatic heterocycles. The van der Waals surface area contributed by atoms with Crippen LogP contribution in [0, 0.1) is 10.1 Å². The summed E-state index contributed by atoms with van der Waals surface area (Å²) < 4.78 is 5.36. The Morgan fingerprint density at radius 1 is 1.10 bits per heavy atom. The Labute approximate surface area is 170 Å². The van der Waals surface area contributed by atoms with Crippen molar-refractivity contribution in [3.05, 3.63) is 92.9 Å². The summed E-state index contributed by atoms with van der Waals surface area (Å²) >= 11 is 0. The van der Waals surface area contributed by atoms with Crippen LogP contribution in [0.1, 0.15) is 10.4 Å². The van der Waals surface area contributed by atoms with E-state index in [2.05, 4.69) is 10.1 Å². The number of nitrogens with one attached hydrogen (secondary N) is 1. The van der Waals surface area contributed by atoms with Crippen molar-refractivity contribution in [1.29, 1.82) is 0 Å². The monoisotopic (exact) mass is 407 g/mol. The molecule has 0 aliphatic heterocycles. The second-order valence-corrected chi connectivity index (χ2v) is 6.26. The number of rotatable bonds is 6. The Bertz CT molecular complexity index is 1170. The maximum Gasteiger partial charge on any atom is 0.339 e. The minimum Gasteiger partial charge on any atom is -0.465 e. The van der Waals surface area contributed by atoms with Crippen molar-refractivity contribution >= 4 is 23.3 Å². The van der Waals surface area contributed by atoms with E-state index in [0.29, 0.717) is 5.69 Å². The molecule has 0 spiro atoms. The van der Waals surface area contributed by atoms with Crippen LogP contribution in [0.5, 0.6) is 0 Å². The lowest BCUT2D eigenvalue weighted by molar-refractivity contribution is -0.386. The van der Waals surface area contributed by atoms with Gasteiger partial charge in [0.05, 0.1) is 17.6 Å². The minimum atomic E-state index is -1.00. The number of para-hydroxylation sites is 1. The highest BCUT2D eigenvalue weighted by Crippen LogP contribution is 2.27. The number of methoxy groups -OCH3 is 1. The van der Waals surface area contributed by atoms with Crippen molar-refractivity contribution in [2.45, 2.75) is 6.54 Å². The number of benzene rings is 2. The Hall–Kier alpha value is -4.27. The van der Waals surface area contributed by atoms with Crippen LogP contribution in [0.25, 0.3) is 11.1 Å². The smallest absolute Gasteiger partial charge is 0.339 e. The molecule has 0 bridgehead atoms. The maximum absolute atomic E-state index is 12.6. The minimum absolute atomic E-state index is 0.207. The van der Waals surface area contributed by atoms with E-state index >= 15 is 0 Å². The molecule has 3 rings (SSSR count). The van der Waals surface area contributed by atoms with Gasteiger partial charge >= 0.3 is 17.2 Å². The molecule has 0 saturated heterocycles. The van der Waals surface area contributed by atoms with Crippen LogP contribution in [0.3, 0.4) is 0 Å². The maximum atomic E-state index is 12.6. The highest BCUT2D eigenvalue weighted by Gasteiger charge is 2.21. The van der Waals surface area contributed by atoms with Crippen LogP contribution in [0.15, 0.2) is 71.7 Å². The zero-order valence-electron chi connectivity index (χ0n) is 15.9. The molecule has 9 nitrogen and oxygen atoms in total. The normalized spacial score (nSPS) is 10.3. The molecular weight excluding hydrogens is 390 g/mol. The van der Waals surface area contributed by atoms with Crippen molar-refractivity contribution in [2.75, 3.05) is 12.4 Å². The molecular formula is C21H17N3O6. The van der Waals surface area contributed by atoms with Gasteiger partial charge < -0.3 is 10.1 Å². The first-order chi connectivity index (χ1) is 14.4. The van der Waals surface area contributed by atoms with Crippen LogP contribution < -0.4 is 10.9 Å². The Balaban J connectivity index is 1.91. The topological polar surface area (TPSA) is 121 Å². The molecule has 30 heavy (non-hydrogen) atoms. The number of hydrogen-bond acceptors (Lipinski definition) is 6. The van der Waals surface area contributed by atoms with Crippen LogP contribution in [-0.4, -0.2) is 28.5 Å². The van der Waals surface area contributed by atoms with Crippen molar-refractivity contribution in [2.24, 2.45) is 0 Å². The van der Waals surface area contributed by atoms with Gasteiger partial charge in [-0.2, -0.15) is 0 Å². The lowest BCUT2D eigenvalue weighted by Gasteiger charge is -2.12. The van der Waals surface area contributed by atoms with Crippen molar-refractivity contribution in [1.82, 2.24) is 4.57 Å². The average Bonchev–Trinajstić information content (AvgIpc) is 2.75. The number of anilines is 1. The number of pyridine rings is 1. The highest BCUT2D eigenvalue weighted by molar-refractivity contribution is 5.95.